The van der Waals surface area contributed by atoms with Gasteiger partial charge in [0.15, 0.2) is 0 Å². The maximum absolute atomic E-state index is 11.8. The number of carboxylic acids is 1. The van der Waals surface area contributed by atoms with Crippen molar-refractivity contribution in [2.24, 2.45) is 5.73 Å². The van der Waals surface area contributed by atoms with Gasteiger partial charge >= 0.3 is 5.97 Å². The third-order valence-corrected chi connectivity index (χ3v) is 2.94. The molecule has 1 unspecified atom stereocenters. The normalized spacial score (nSPS) is 11.6. The molecule has 0 aliphatic carbocycles. The van der Waals surface area contributed by atoms with E-state index in [2.05, 4.69) is 5.32 Å². The van der Waals surface area contributed by atoms with Crippen LogP contribution in [0.4, 0.5) is 5.69 Å². The summed E-state index contributed by atoms with van der Waals surface area (Å²) >= 11 is 5.94. The number of anilines is 1. The largest absolute Gasteiger partial charge is 0.481 e. The number of aliphatic carboxylic acids is 1. The van der Waals surface area contributed by atoms with Gasteiger partial charge in [0.05, 0.1) is 23.2 Å². The molecule has 0 aliphatic heterocycles. The molecule has 0 heterocycles. The molecule has 0 saturated heterocycles. The van der Waals surface area contributed by atoms with Gasteiger partial charge in [-0.05, 0) is 18.2 Å². The second-order valence-electron chi connectivity index (χ2n) is 4.59. The number of carbonyl (C=O) groups is 3. The number of benzene rings is 1. The van der Waals surface area contributed by atoms with Crippen molar-refractivity contribution < 1.29 is 19.5 Å². The first-order valence-corrected chi connectivity index (χ1v) is 6.39. The fourth-order valence-corrected chi connectivity index (χ4v) is 1.68. The van der Waals surface area contributed by atoms with Crippen molar-refractivity contribution in [3.05, 3.63) is 28.8 Å². The Morgan fingerprint density at radius 2 is 2.00 bits per heavy atom. The van der Waals surface area contributed by atoms with Gasteiger partial charge in [-0.25, -0.2) is 0 Å². The zero-order valence-corrected chi connectivity index (χ0v) is 12.3. The molecule has 21 heavy (non-hydrogen) atoms. The van der Waals surface area contributed by atoms with Crippen LogP contribution in [0.5, 0.6) is 0 Å². The van der Waals surface area contributed by atoms with Gasteiger partial charge in [0.25, 0.3) is 5.91 Å². The molecule has 1 rings (SSSR count). The minimum Gasteiger partial charge on any atom is -0.481 e. The molecule has 0 aromatic heterocycles. The highest BCUT2D eigenvalue weighted by Gasteiger charge is 2.19. The van der Waals surface area contributed by atoms with Gasteiger partial charge in [-0.15, -0.1) is 0 Å². The van der Waals surface area contributed by atoms with Crippen LogP contribution in [0, 0.1) is 0 Å². The Balaban J connectivity index is 2.92. The topological polar surface area (TPSA) is 113 Å². The highest BCUT2D eigenvalue weighted by atomic mass is 35.5. The van der Waals surface area contributed by atoms with Gasteiger partial charge in [-0.2, -0.15) is 0 Å². The quantitative estimate of drug-likeness (QED) is 0.743. The van der Waals surface area contributed by atoms with Crippen molar-refractivity contribution in [2.45, 2.75) is 12.5 Å². The second-order valence-corrected chi connectivity index (χ2v) is 5.00. The predicted molar refractivity (Wildman–Crippen MR) is 78.3 cm³/mol. The van der Waals surface area contributed by atoms with Gasteiger partial charge in [-0.1, -0.05) is 11.6 Å². The van der Waals surface area contributed by atoms with Crippen LogP contribution in [0.25, 0.3) is 0 Å². The van der Waals surface area contributed by atoms with Crippen LogP contribution in [-0.2, 0) is 9.59 Å². The zero-order chi connectivity index (χ0) is 16.2. The van der Waals surface area contributed by atoms with Gasteiger partial charge in [-0.3, -0.25) is 14.4 Å². The summed E-state index contributed by atoms with van der Waals surface area (Å²) < 4.78 is 0. The van der Waals surface area contributed by atoms with Crippen LogP contribution in [0.1, 0.15) is 16.8 Å². The Morgan fingerprint density at radius 3 is 2.52 bits per heavy atom. The molecular formula is C13H16ClN3O4. The van der Waals surface area contributed by atoms with Crippen LogP contribution in [-0.4, -0.2) is 47.9 Å². The number of halogens is 1. The summed E-state index contributed by atoms with van der Waals surface area (Å²) in [6, 6.07) is 3.20. The third-order valence-electron chi connectivity index (χ3n) is 2.61. The molecule has 0 aliphatic rings. The van der Waals surface area contributed by atoms with E-state index in [-0.39, 0.29) is 16.6 Å². The Kier molecular flexibility index (Phi) is 5.69. The molecule has 8 heteroatoms. The fourth-order valence-electron chi connectivity index (χ4n) is 1.52. The lowest BCUT2D eigenvalue weighted by Crippen LogP contribution is -2.37. The molecule has 0 fully saturated rings. The van der Waals surface area contributed by atoms with Crippen molar-refractivity contribution in [1.82, 2.24) is 4.90 Å². The number of nitrogens with zero attached hydrogens (tertiary/aromatic N) is 1. The van der Waals surface area contributed by atoms with Gasteiger partial charge in [0.2, 0.25) is 5.91 Å². The summed E-state index contributed by atoms with van der Waals surface area (Å²) in [5.74, 6) is -2.12. The molecule has 0 saturated carbocycles. The van der Waals surface area contributed by atoms with E-state index in [1.807, 2.05) is 0 Å². The number of hydrogen-bond acceptors (Lipinski definition) is 4. The SMILES string of the molecule is CN(C)C(=O)c1ccc(Cl)c(NC(=O)C(N)CC(=O)O)c1. The van der Waals surface area contributed by atoms with Crippen molar-refractivity contribution in [3.8, 4) is 0 Å². The number of hydrogen-bond donors (Lipinski definition) is 3. The maximum atomic E-state index is 11.8. The Hall–Kier alpha value is -2.12. The Morgan fingerprint density at radius 1 is 1.38 bits per heavy atom. The van der Waals surface area contributed by atoms with Crippen LogP contribution in [0.3, 0.4) is 0 Å². The van der Waals surface area contributed by atoms with E-state index in [9.17, 15) is 14.4 Å². The molecule has 2 amide bonds. The van der Waals surface area contributed by atoms with E-state index in [0.29, 0.717) is 5.56 Å². The summed E-state index contributed by atoms with van der Waals surface area (Å²) in [5, 5.41) is 11.2. The lowest BCUT2D eigenvalue weighted by molar-refractivity contribution is -0.138. The van der Waals surface area contributed by atoms with Gasteiger partial charge in [0, 0.05) is 19.7 Å². The number of carboxylic acid groups (broad SMARTS) is 1. The predicted octanol–water partition coefficient (Wildman–Crippen LogP) is 0.782. The smallest absolute Gasteiger partial charge is 0.305 e. The second kappa shape index (κ2) is 7.05. The molecular weight excluding hydrogens is 298 g/mol. The zero-order valence-electron chi connectivity index (χ0n) is 11.6. The monoisotopic (exact) mass is 313 g/mol. The number of carbonyl (C=O) groups excluding carboxylic acids is 2. The van der Waals surface area contributed by atoms with Crippen LogP contribution >= 0.6 is 11.6 Å². The van der Waals surface area contributed by atoms with E-state index in [1.165, 1.54) is 23.1 Å². The molecule has 114 valence electrons. The standard InChI is InChI=1S/C13H16ClN3O4/c1-17(2)13(21)7-3-4-8(14)10(5-7)16-12(20)9(15)6-11(18)19/h3-5,9H,6,15H2,1-2H3,(H,16,20)(H,18,19). The van der Waals surface area contributed by atoms with Gasteiger partial charge in [0.1, 0.15) is 0 Å². The average Bonchev–Trinajstić information content (AvgIpc) is 2.39. The molecule has 0 radical (unpaired) electrons. The number of nitrogens with one attached hydrogen (secondary N) is 1. The van der Waals surface area contributed by atoms with E-state index >= 15 is 0 Å². The molecule has 1 aromatic carbocycles. The first kappa shape index (κ1) is 16.9. The van der Waals surface area contributed by atoms with E-state index in [0.717, 1.165) is 0 Å². The summed E-state index contributed by atoms with van der Waals surface area (Å²) in [6.45, 7) is 0. The third kappa shape index (κ3) is 4.73. The molecule has 1 atom stereocenters. The van der Waals surface area contributed by atoms with Crippen molar-refractivity contribution in [2.75, 3.05) is 19.4 Å². The van der Waals surface area contributed by atoms with Crippen LogP contribution < -0.4 is 11.1 Å². The summed E-state index contributed by atoms with van der Waals surface area (Å²) in [6.07, 6.45) is -0.500. The number of nitrogens with two attached hydrogens (primary N) is 1. The number of rotatable bonds is 5. The van der Waals surface area contributed by atoms with Crippen molar-refractivity contribution in [3.63, 3.8) is 0 Å². The van der Waals surface area contributed by atoms with Crippen molar-refractivity contribution in [1.29, 1.82) is 0 Å². The molecule has 0 spiro atoms. The summed E-state index contributed by atoms with van der Waals surface area (Å²) in [7, 11) is 3.19. The molecule has 7 nitrogen and oxygen atoms in total. The highest BCUT2D eigenvalue weighted by Crippen LogP contribution is 2.23. The first-order chi connectivity index (χ1) is 9.72. The van der Waals surface area contributed by atoms with Gasteiger partial charge < -0.3 is 21.1 Å². The molecule has 4 N–H and O–H groups in total. The highest BCUT2D eigenvalue weighted by molar-refractivity contribution is 6.34. The van der Waals surface area contributed by atoms with Crippen LogP contribution in [0.15, 0.2) is 18.2 Å². The van der Waals surface area contributed by atoms with E-state index < -0.39 is 24.3 Å². The number of amides is 2. The lowest BCUT2D eigenvalue weighted by Gasteiger charge is -2.14. The molecule has 0 bridgehead atoms. The Bertz CT molecular complexity index is 575. The fraction of sp³-hybridized carbons (Fsp3) is 0.308. The molecule has 1 aromatic rings. The maximum Gasteiger partial charge on any atom is 0.305 e. The minimum atomic E-state index is -1.20. The average molecular weight is 314 g/mol. The van der Waals surface area contributed by atoms with Crippen molar-refractivity contribution >= 4 is 35.1 Å². The Labute approximate surface area is 126 Å². The van der Waals surface area contributed by atoms with E-state index in [1.54, 1.807) is 14.1 Å². The summed E-state index contributed by atoms with van der Waals surface area (Å²) in [4.78, 5) is 35.5. The van der Waals surface area contributed by atoms with Crippen LogP contribution in [0.2, 0.25) is 5.02 Å². The lowest BCUT2D eigenvalue weighted by atomic mass is 10.1. The minimum absolute atomic E-state index is 0.204. The van der Waals surface area contributed by atoms with E-state index in [4.69, 9.17) is 22.4 Å². The first-order valence-electron chi connectivity index (χ1n) is 6.01. The summed E-state index contributed by atoms with van der Waals surface area (Å²) in [5.41, 5.74) is 5.99.